The van der Waals surface area contributed by atoms with Crippen molar-refractivity contribution in [2.24, 2.45) is 0 Å². The topological polar surface area (TPSA) is 72.6 Å². The van der Waals surface area contributed by atoms with Crippen LogP contribution in [0.4, 0.5) is 5.69 Å². The molecule has 20 heavy (non-hydrogen) atoms. The first kappa shape index (κ1) is 16.8. The molecular weight excluding hydrogens is 276 g/mol. The van der Waals surface area contributed by atoms with E-state index in [2.05, 4.69) is 6.92 Å². The Morgan fingerprint density at radius 3 is 2.50 bits per heavy atom. The van der Waals surface area contributed by atoms with Gasteiger partial charge in [0.1, 0.15) is 10.6 Å². The Balaban J connectivity index is 3.11. The van der Waals surface area contributed by atoms with Crippen LogP contribution in [0.1, 0.15) is 31.7 Å². The number of nitrogen functional groups attached to an aromatic ring is 1. The van der Waals surface area contributed by atoms with E-state index in [1.54, 1.807) is 13.1 Å². The summed E-state index contributed by atoms with van der Waals surface area (Å²) < 4.78 is 31.7. The van der Waals surface area contributed by atoms with E-state index in [0.29, 0.717) is 18.0 Å². The van der Waals surface area contributed by atoms with Crippen molar-refractivity contribution in [3.63, 3.8) is 0 Å². The van der Waals surface area contributed by atoms with Crippen LogP contribution in [-0.2, 0) is 10.0 Å². The highest BCUT2D eigenvalue weighted by Crippen LogP contribution is 2.30. The van der Waals surface area contributed by atoms with Crippen molar-refractivity contribution >= 4 is 15.7 Å². The van der Waals surface area contributed by atoms with E-state index < -0.39 is 10.0 Å². The standard InChI is InChI=1S/C14H24N2O3S/c1-5-6-7-8-16(3)20(17,18)14-10-12(15)11(2)9-13(14)19-4/h9-10H,5-8,15H2,1-4H3. The van der Waals surface area contributed by atoms with E-state index in [1.165, 1.54) is 17.5 Å². The lowest BCUT2D eigenvalue weighted by molar-refractivity contribution is 0.397. The number of unbranched alkanes of at least 4 members (excludes halogenated alkanes) is 2. The third kappa shape index (κ3) is 3.64. The zero-order valence-electron chi connectivity index (χ0n) is 12.6. The van der Waals surface area contributed by atoms with Gasteiger partial charge in [-0.2, -0.15) is 0 Å². The van der Waals surface area contributed by atoms with Gasteiger partial charge < -0.3 is 10.5 Å². The maximum absolute atomic E-state index is 12.6. The molecule has 5 nitrogen and oxygen atoms in total. The fourth-order valence-corrected chi connectivity index (χ4v) is 3.29. The third-order valence-electron chi connectivity index (χ3n) is 3.32. The van der Waals surface area contributed by atoms with Gasteiger partial charge in [-0.3, -0.25) is 0 Å². The van der Waals surface area contributed by atoms with E-state index in [-0.39, 0.29) is 4.90 Å². The molecule has 0 bridgehead atoms. The number of hydrogen-bond donors (Lipinski definition) is 1. The summed E-state index contributed by atoms with van der Waals surface area (Å²) in [6.07, 6.45) is 2.90. The molecule has 2 N–H and O–H groups in total. The van der Waals surface area contributed by atoms with Crippen molar-refractivity contribution in [1.82, 2.24) is 4.31 Å². The molecule has 1 aromatic rings. The van der Waals surface area contributed by atoms with Crippen LogP contribution in [0.25, 0.3) is 0 Å². The minimum absolute atomic E-state index is 0.127. The molecule has 0 aliphatic rings. The number of methoxy groups -OCH3 is 1. The summed E-state index contributed by atoms with van der Waals surface area (Å²) >= 11 is 0. The number of anilines is 1. The quantitative estimate of drug-likeness (QED) is 0.620. The summed E-state index contributed by atoms with van der Waals surface area (Å²) in [4.78, 5) is 0.127. The molecule has 0 atom stereocenters. The maximum atomic E-state index is 12.6. The molecule has 0 spiro atoms. The molecule has 0 aromatic heterocycles. The van der Waals surface area contributed by atoms with Crippen molar-refractivity contribution in [3.8, 4) is 5.75 Å². The largest absolute Gasteiger partial charge is 0.495 e. The molecule has 1 rings (SSSR count). The van der Waals surface area contributed by atoms with E-state index in [0.717, 1.165) is 24.8 Å². The first-order valence-electron chi connectivity index (χ1n) is 6.75. The van der Waals surface area contributed by atoms with Crippen molar-refractivity contribution in [3.05, 3.63) is 17.7 Å². The van der Waals surface area contributed by atoms with Gasteiger partial charge in [0.05, 0.1) is 7.11 Å². The van der Waals surface area contributed by atoms with Gasteiger partial charge in [-0.05, 0) is 31.0 Å². The summed E-state index contributed by atoms with van der Waals surface area (Å²) in [5.41, 5.74) is 7.07. The molecule has 0 fully saturated rings. The molecule has 0 unspecified atom stereocenters. The predicted octanol–water partition coefficient (Wildman–Crippen LogP) is 2.40. The zero-order chi connectivity index (χ0) is 15.3. The Morgan fingerprint density at radius 1 is 1.30 bits per heavy atom. The van der Waals surface area contributed by atoms with E-state index in [4.69, 9.17) is 10.5 Å². The number of hydrogen-bond acceptors (Lipinski definition) is 4. The third-order valence-corrected chi connectivity index (χ3v) is 5.20. The average molecular weight is 300 g/mol. The Labute approximate surface area is 121 Å². The van der Waals surface area contributed by atoms with E-state index >= 15 is 0 Å². The number of benzene rings is 1. The van der Waals surface area contributed by atoms with Crippen LogP contribution >= 0.6 is 0 Å². The lowest BCUT2D eigenvalue weighted by atomic mass is 10.2. The molecule has 0 heterocycles. The summed E-state index contributed by atoms with van der Waals surface area (Å²) in [6.45, 7) is 4.39. The molecule has 0 aliphatic heterocycles. The second-order valence-electron chi connectivity index (χ2n) is 4.89. The van der Waals surface area contributed by atoms with Crippen LogP contribution in [0.5, 0.6) is 5.75 Å². The Kier molecular flexibility index (Phi) is 5.83. The van der Waals surface area contributed by atoms with Gasteiger partial charge in [-0.25, -0.2) is 12.7 Å². The van der Waals surface area contributed by atoms with Gasteiger partial charge in [-0.15, -0.1) is 0 Å². The monoisotopic (exact) mass is 300 g/mol. The highest BCUT2D eigenvalue weighted by atomic mass is 32.2. The van der Waals surface area contributed by atoms with Crippen LogP contribution in [0, 0.1) is 6.92 Å². The highest BCUT2D eigenvalue weighted by Gasteiger charge is 2.25. The Bertz CT molecular complexity index is 556. The first-order valence-corrected chi connectivity index (χ1v) is 8.19. The van der Waals surface area contributed by atoms with Crippen molar-refractivity contribution in [1.29, 1.82) is 0 Å². The minimum atomic E-state index is -3.57. The summed E-state index contributed by atoms with van der Waals surface area (Å²) in [6, 6.07) is 3.13. The van der Waals surface area contributed by atoms with Gasteiger partial charge in [-0.1, -0.05) is 19.8 Å². The second-order valence-corrected chi connectivity index (χ2v) is 6.91. The van der Waals surface area contributed by atoms with Crippen LogP contribution in [-0.4, -0.2) is 33.4 Å². The smallest absolute Gasteiger partial charge is 0.246 e. The fraction of sp³-hybridized carbons (Fsp3) is 0.571. The van der Waals surface area contributed by atoms with Crippen LogP contribution in [0.15, 0.2) is 17.0 Å². The molecule has 114 valence electrons. The number of aryl methyl sites for hydroxylation is 1. The Hall–Kier alpha value is -1.27. The van der Waals surface area contributed by atoms with E-state index in [1.807, 2.05) is 6.92 Å². The van der Waals surface area contributed by atoms with Gasteiger partial charge in [0, 0.05) is 19.3 Å². The molecular formula is C14H24N2O3S. The molecule has 0 saturated carbocycles. The predicted molar refractivity (Wildman–Crippen MR) is 81.5 cm³/mol. The zero-order valence-corrected chi connectivity index (χ0v) is 13.5. The van der Waals surface area contributed by atoms with Gasteiger partial charge in [0.25, 0.3) is 0 Å². The SMILES string of the molecule is CCCCCN(C)S(=O)(=O)c1cc(N)c(C)cc1OC. The minimum Gasteiger partial charge on any atom is -0.495 e. The van der Waals surface area contributed by atoms with Gasteiger partial charge in [0.15, 0.2) is 0 Å². The van der Waals surface area contributed by atoms with Crippen LogP contribution < -0.4 is 10.5 Å². The fourth-order valence-electron chi connectivity index (χ4n) is 1.91. The Morgan fingerprint density at radius 2 is 1.95 bits per heavy atom. The summed E-state index contributed by atoms with van der Waals surface area (Å²) in [5, 5.41) is 0. The van der Waals surface area contributed by atoms with Gasteiger partial charge in [0.2, 0.25) is 10.0 Å². The van der Waals surface area contributed by atoms with Crippen molar-refractivity contribution in [2.75, 3.05) is 26.4 Å². The highest BCUT2D eigenvalue weighted by molar-refractivity contribution is 7.89. The van der Waals surface area contributed by atoms with Crippen LogP contribution in [0.3, 0.4) is 0 Å². The summed E-state index contributed by atoms with van der Waals surface area (Å²) in [5.74, 6) is 0.332. The average Bonchev–Trinajstić information content (AvgIpc) is 2.41. The van der Waals surface area contributed by atoms with Crippen molar-refractivity contribution < 1.29 is 13.2 Å². The lowest BCUT2D eigenvalue weighted by Crippen LogP contribution is -2.28. The summed E-state index contributed by atoms with van der Waals surface area (Å²) in [7, 11) is -0.530. The normalized spacial score (nSPS) is 11.8. The molecule has 0 amide bonds. The van der Waals surface area contributed by atoms with Crippen molar-refractivity contribution in [2.45, 2.75) is 38.0 Å². The molecule has 0 radical (unpaired) electrons. The first-order chi connectivity index (χ1) is 9.34. The number of rotatable bonds is 7. The molecule has 0 saturated heterocycles. The number of sulfonamides is 1. The number of nitrogens with zero attached hydrogens (tertiary/aromatic N) is 1. The molecule has 0 aliphatic carbocycles. The maximum Gasteiger partial charge on any atom is 0.246 e. The van der Waals surface area contributed by atoms with Gasteiger partial charge >= 0.3 is 0 Å². The second kappa shape index (κ2) is 6.95. The lowest BCUT2D eigenvalue weighted by Gasteiger charge is -2.19. The van der Waals surface area contributed by atoms with E-state index in [9.17, 15) is 8.42 Å². The molecule has 1 aromatic carbocycles. The molecule has 6 heteroatoms. The number of nitrogens with two attached hydrogens (primary N) is 1. The number of ether oxygens (including phenoxy) is 1. The van der Waals surface area contributed by atoms with Crippen LogP contribution in [0.2, 0.25) is 0 Å².